The fraction of sp³-hybridized carbons (Fsp3) is 0.667. The van der Waals surface area contributed by atoms with Crippen molar-refractivity contribution in [3.63, 3.8) is 0 Å². The van der Waals surface area contributed by atoms with Gasteiger partial charge in [0.2, 0.25) is 0 Å². The van der Waals surface area contributed by atoms with Crippen LogP contribution in [0.2, 0.25) is 0 Å². The van der Waals surface area contributed by atoms with Gasteiger partial charge in [-0.2, -0.15) is 0 Å². The van der Waals surface area contributed by atoms with Crippen molar-refractivity contribution in [2.45, 2.75) is 19.4 Å². The summed E-state index contributed by atoms with van der Waals surface area (Å²) in [6, 6.07) is 0. The number of allylic oxidation sites excluding steroid dienone is 1. The van der Waals surface area contributed by atoms with Crippen molar-refractivity contribution < 1.29 is 0 Å². The van der Waals surface area contributed by atoms with Crippen LogP contribution < -0.4 is 0 Å². The van der Waals surface area contributed by atoms with E-state index in [-0.39, 0.29) is 5.54 Å². The Balaban J connectivity index is 2.32. The van der Waals surface area contributed by atoms with Crippen LogP contribution in [0, 0.1) is 0 Å². The molecule has 0 atom stereocenters. The summed E-state index contributed by atoms with van der Waals surface area (Å²) >= 11 is 5.86. The molecule has 0 radical (unpaired) electrons. The molecule has 2 aliphatic rings. The first-order valence-electron chi connectivity index (χ1n) is 4.41. The molecule has 2 aliphatic heterocycles. The van der Waals surface area contributed by atoms with Gasteiger partial charge in [0.25, 0.3) is 0 Å². The van der Waals surface area contributed by atoms with Crippen LogP contribution in [0.15, 0.2) is 16.9 Å². The van der Waals surface area contributed by atoms with Crippen molar-refractivity contribution in [3.8, 4) is 0 Å². The van der Waals surface area contributed by atoms with Gasteiger partial charge in [-0.1, -0.05) is 11.6 Å². The zero-order chi connectivity index (χ0) is 9.64. The highest BCUT2D eigenvalue weighted by atomic mass is 35.5. The van der Waals surface area contributed by atoms with Crippen molar-refractivity contribution in [2.24, 2.45) is 4.99 Å². The fourth-order valence-electron chi connectivity index (χ4n) is 1.79. The molecule has 0 N–H and O–H groups in total. The number of fused-ring (bicyclic) bond motifs is 1. The predicted octanol–water partition coefficient (Wildman–Crippen LogP) is 1.46. The molecule has 0 spiro atoms. The van der Waals surface area contributed by atoms with Crippen molar-refractivity contribution in [1.82, 2.24) is 9.80 Å². The van der Waals surface area contributed by atoms with Gasteiger partial charge in [0, 0.05) is 19.7 Å². The number of hydrogen-bond acceptors (Lipinski definition) is 3. The maximum Gasteiger partial charge on any atom is 0.129 e. The first-order chi connectivity index (χ1) is 6.00. The Labute approximate surface area is 83.7 Å². The molecule has 0 aromatic rings. The molecule has 0 amide bonds. The van der Waals surface area contributed by atoms with E-state index in [1.54, 1.807) is 0 Å². The lowest BCUT2D eigenvalue weighted by Crippen LogP contribution is -2.36. The summed E-state index contributed by atoms with van der Waals surface area (Å²) in [5, 5.41) is 0.607. The van der Waals surface area contributed by atoms with Crippen molar-refractivity contribution in [2.75, 3.05) is 20.3 Å². The van der Waals surface area contributed by atoms with Crippen LogP contribution in [0.5, 0.6) is 0 Å². The normalized spacial score (nSPS) is 25.5. The fourth-order valence-corrected chi connectivity index (χ4v) is 1.94. The van der Waals surface area contributed by atoms with Gasteiger partial charge in [-0.15, -0.1) is 0 Å². The van der Waals surface area contributed by atoms with E-state index in [0.29, 0.717) is 11.8 Å². The van der Waals surface area contributed by atoms with E-state index < -0.39 is 0 Å². The van der Waals surface area contributed by atoms with Crippen molar-refractivity contribution >= 4 is 16.8 Å². The number of rotatable bonds is 0. The quantitative estimate of drug-likeness (QED) is 0.589. The van der Waals surface area contributed by atoms with Gasteiger partial charge in [-0.3, -0.25) is 4.99 Å². The maximum atomic E-state index is 5.86. The lowest BCUT2D eigenvalue weighted by Gasteiger charge is -2.28. The molecule has 72 valence electrons. The van der Waals surface area contributed by atoms with Gasteiger partial charge < -0.3 is 9.80 Å². The summed E-state index contributed by atoms with van der Waals surface area (Å²) < 4.78 is 0. The third-order valence-electron chi connectivity index (χ3n) is 2.79. The summed E-state index contributed by atoms with van der Waals surface area (Å²) in [6.07, 6.45) is 1.93. The zero-order valence-electron chi connectivity index (χ0n) is 8.21. The van der Waals surface area contributed by atoms with Crippen LogP contribution in [0.3, 0.4) is 0 Å². The molecule has 0 unspecified atom stereocenters. The minimum atomic E-state index is 0.183. The van der Waals surface area contributed by atoms with E-state index in [1.807, 2.05) is 6.08 Å². The summed E-state index contributed by atoms with van der Waals surface area (Å²) in [5.41, 5.74) is 0.183. The average Bonchev–Trinajstić information content (AvgIpc) is 2.26. The van der Waals surface area contributed by atoms with E-state index in [0.717, 1.165) is 6.54 Å². The molecule has 2 heterocycles. The van der Waals surface area contributed by atoms with Crippen LogP contribution in [-0.4, -0.2) is 40.8 Å². The molecular weight excluding hydrogens is 186 g/mol. The van der Waals surface area contributed by atoms with Crippen molar-refractivity contribution in [3.05, 3.63) is 11.9 Å². The smallest absolute Gasteiger partial charge is 0.129 e. The molecule has 13 heavy (non-hydrogen) atoms. The number of hydrogen-bond donors (Lipinski definition) is 0. The Bertz CT molecular complexity index is 293. The van der Waals surface area contributed by atoms with Gasteiger partial charge >= 0.3 is 0 Å². The van der Waals surface area contributed by atoms with Gasteiger partial charge in [-0.25, -0.2) is 0 Å². The molecule has 3 nitrogen and oxygen atoms in total. The van der Waals surface area contributed by atoms with E-state index in [4.69, 9.17) is 11.6 Å². The van der Waals surface area contributed by atoms with Gasteiger partial charge in [0.15, 0.2) is 0 Å². The van der Waals surface area contributed by atoms with Crippen molar-refractivity contribution in [1.29, 1.82) is 0 Å². The van der Waals surface area contributed by atoms with Gasteiger partial charge in [0.1, 0.15) is 17.7 Å². The van der Waals surface area contributed by atoms with Crippen LogP contribution in [0.25, 0.3) is 0 Å². The second-order valence-corrected chi connectivity index (χ2v) is 4.58. The molecule has 0 aromatic heterocycles. The first-order valence-corrected chi connectivity index (χ1v) is 4.79. The molecule has 0 aliphatic carbocycles. The third-order valence-corrected chi connectivity index (χ3v) is 3.02. The van der Waals surface area contributed by atoms with E-state index in [2.05, 4.69) is 35.7 Å². The molecule has 1 fully saturated rings. The number of nitrogens with zero attached hydrogens (tertiary/aromatic N) is 3. The van der Waals surface area contributed by atoms with Crippen LogP contribution in [0.4, 0.5) is 0 Å². The standard InChI is InChI=1S/C9H14ClN3/c1-9(2)5-13-6-11-7(10)4-8(13)12(9)3/h4H,5-6H2,1-3H3. The summed E-state index contributed by atoms with van der Waals surface area (Å²) in [7, 11) is 2.10. The van der Waals surface area contributed by atoms with Gasteiger partial charge in [0.05, 0.1) is 5.54 Å². The molecule has 0 saturated carbocycles. The molecule has 0 bridgehead atoms. The minimum Gasteiger partial charge on any atom is -0.354 e. The lowest BCUT2D eigenvalue weighted by atomic mass is 10.1. The summed E-state index contributed by atoms with van der Waals surface area (Å²) in [6.45, 7) is 6.15. The molecular formula is C9H14ClN3. The highest BCUT2D eigenvalue weighted by Crippen LogP contribution is 2.31. The number of aliphatic imine (C=N–C) groups is 1. The van der Waals surface area contributed by atoms with Crippen LogP contribution in [-0.2, 0) is 0 Å². The third kappa shape index (κ3) is 1.31. The topological polar surface area (TPSA) is 18.8 Å². The second kappa shape index (κ2) is 2.64. The zero-order valence-corrected chi connectivity index (χ0v) is 8.97. The highest BCUT2D eigenvalue weighted by Gasteiger charge is 2.38. The Hall–Kier alpha value is -0.700. The Morgan fingerprint density at radius 3 is 2.92 bits per heavy atom. The molecule has 0 aromatic carbocycles. The number of likely N-dealkylation sites (N-methyl/N-ethyl adjacent to an activating group) is 1. The lowest BCUT2D eigenvalue weighted by molar-refractivity contribution is 0.263. The van der Waals surface area contributed by atoms with Gasteiger partial charge in [-0.05, 0) is 13.8 Å². The summed E-state index contributed by atoms with van der Waals surface area (Å²) in [4.78, 5) is 8.67. The first kappa shape index (κ1) is 8.88. The predicted molar refractivity (Wildman–Crippen MR) is 54.8 cm³/mol. The number of halogens is 1. The Morgan fingerprint density at radius 2 is 2.23 bits per heavy atom. The Kier molecular flexibility index (Phi) is 1.80. The molecule has 4 heteroatoms. The molecule has 2 rings (SSSR count). The van der Waals surface area contributed by atoms with E-state index in [9.17, 15) is 0 Å². The van der Waals surface area contributed by atoms with Crippen LogP contribution in [0.1, 0.15) is 13.8 Å². The Morgan fingerprint density at radius 1 is 1.54 bits per heavy atom. The SMILES string of the molecule is CN1C2=CC(Cl)=NCN2CC1(C)C. The minimum absolute atomic E-state index is 0.183. The largest absolute Gasteiger partial charge is 0.354 e. The monoisotopic (exact) mass is 199 g/mol. The second-order valence-electron chi connectivity index (χ2n) is 4.19. The van der Waals surface area contributed by atoms with E-state index >= 15 is 0 Å². The highest BCUT2D eigenvalue weighted by molar-refractivity contribution is 6.68. The summed E-state index contributed by atoms with van der Waals surface area (Å²) in [5.74, 6) is 1.19. The average molecular weight is 200 g/mol. The maximum absolute atomic E-state index is 5.86. The van der Waals surface area contributed by atoms with E-state index in [1.165, 1.54) is 5.82 Å². The molecule has 1 saturated heterocycles. The van der Waals surface area contributed by atoms with Crippen LogP contribution >= 0.6 is 11.6 Å².